The molecule has 0 saturated carbocycles. The van der Waals surface area contributed by atoms with E-state index in [1.165, 1.54) is 36.9 Å². The first-order valence-electron chi connectivity index (χ1n) is 8.71. The molecule has 4 rings (SSSR count). The molecule has 0 fully saturated rings. The van der Waals surface area contributed by atoms with Crippen molar-refractivity contribution in [3.63, 3.8) is 0 Å². The summed E-state index contributed by atoms with van der Waals surface area (Å²) in [5.41, 5.74) is 1.57. The Morgan fingerprint density at radius 2 is 1.28 bits per heavy atom. The number of hydrogen-bond donors (Lipinski definition) is 0. The number of fused-ring (bicyclic) bond motifs is 2. The topological polar surface area (TPSA) is 0 Å². The Balaban J connectivity index is 1.75. The van der Waals surface area contributed by atoms with Gasteiger partial charge in [-0.25, -0.2) is 0 Å². The zero-order chi connectivity index (χ0) is 17.4. The lowest BCUT2D eigenvalue weighted by molar-refractivity contribution is 0.590. The van der Waals surface area contributed by atoms with Crippen LogP contribution >= 0.6 is 11.8 Å². The van der Waals surface area contributed by atoms with E-state index >= 15 is 0 Å². The van der Waals surface area contributed by atoms with Crippen LogP contribution in [-0.4, -0.2) is 0 Å². The molecule has 0 radical (unpaired) electrons. The maximum atomic E-state index is 2.32. The van der Waals surface area contributed by atoms with Crippen LogP contribution in [0.2, 0.25) is 0 Å². The summed E-state index contributed by atoms with van der Waals surface area (Å²) in [5.74, 6) is 0. The van der Waals surface area contributed by atoms with Crippen LogP contribution < -0.4 is 0 Å². The van der Waals surface area contributed by atoms with Crippen LogP contribution in [-0.2, 0) is 5.41 Å². The van der Waals surface area contributed by atoms with Gasteiger partial charge < -0.3 is 0 Å². The van der Waals surface area contributed by atoms with Crippen molar-refractivity contribution in [2.24, 2.45) is 0 Å². The van der Waals surface area contributed by atoms with Crippen LogP contribution in [0.25, 0.3) is 21.5 Å². The summed E-state index contributed by atoms with van der Waals surface area (Å²) in [4.78, 5) is 2.60. The quantitative estimate of drug-likeness (QED) is 0.341. The van der Waals surface area contributed by atoms with Crippen molar-refractivity contribution in [2.45, 2.75) is 36.0 Å². The van der Waals surface area contributed by atoms with Crippen molar-refractivity contribution in [2.75, 3.05) is 0 Å². The summed E-state index contributed by atoms with van der Waals surface area (Å²) in [6.45, 7) is 6.76. The standard InChI is InChI=1S/C24H22S/c1-24(2,3)20-11-13-21(14-12-20)25-23-10-6-9-19-15-17-7-4-5-8-18(17)16-22(19)23/h4-16H,1-3H3. The molecule has 0 spiro atoms. The fraction of sp³-hybridized carbons (Fsp3) is 0.167. The maximum absolute atomic E-state index is 2.32. The van der Waals surface area contributed by atoms with Crippen molar-refractivity contribution in [1.29, 1.82) is 0 Å². The molecule has 0 bridgehead atoms. The van der Waals surface area contributed by atoms with Crippen LogP contribution in [0.5, 0.6) is 0 Å². The Morgan fingerprint density at radius 3 is 1.96 bits per heavy atom. The minimum absolute atomic E-state index is 0.196. The summed E-state index contributed by atoms with van der Waals surface area (Å²) in [5, 5.41) is 5.22. The molecular formula is C24H22S. The molecule has 25 heavy (non-hydrogen) atoms. The van der Waals surface area contributed by atoms with E-state index in [0.717, 1.165) is 0 Å². The summed E-state index contributed by atoms with van der Waals surface area (Å²) in [6, 6.07) is 28.7. The van der Waals surface area contributed by atoms with Crippen molar-refractivity contribution in [3.8, 4) is 0 Å². The molecule has 0 heterocycles. The third kappa shape index (κ3) is 3.29. The lowest BCUT2D eigenvalue weighted by atomic mass is 9.87. The van der Waals surface area contributed by atoms with Crippen LogP contribution in [0.15, 0.2) is 88.7 Å². The van der Waals surface area contributed by atoms with E-state index < -0.39 is 0 Å². The minimum atomic E-state index is 0.196. The van der Waals surface area contributed by atoms with Gasteiger partial charge in [0.1, 0.15) is 0 Å². The summed E-state index contributed by atoms with van der Waals surface area (Å²) >= 11 is 1.84. The van der Waals surface area contributed by atoms with Gasteiger partial charge in [-0.1, -0.05) is 81.1 Å². The second-order valence-corrected chi connectivity index (χ2v) is 8.67. The summed E-state index contributed by atoms with van der Waals surface area (Å²) < 4.78 is 0. The zero-order valence-electron chi connectivity index (χ0n) is 14.9. The highest BCUT2D eigenvalue weighted by atomic mass is 32.2. The third-order valence-electron chi connectivity index (χ3n) is 4.65. The molecule has 0 aliphatic carbocycles. The summed E-state index contributed by atoms with van der Waals surface area (Å²) in [6.07, 6.45) is 0. The van der Waals surface area contributed by atoms with Crippen LogP contribution in [0.1, 0.15) is 26.3 Å². The minimum Gasteiger partial charge on any atom is -0.0895 e. The molecule has 0 aromatic heterocycles. The van der Waals surface area contributed by atoms with Gasteiger partial charge in [0.05, 0.1) is 0 Å². The molecular weight excluding hydrogens is 320 g/mol. The highest BCUT2D eigenvalue weighted by molar-refractivity contribution is 7.99. The highest BCUT2D eigenvalue weighted by Crippen LogP contribution is 2.36. The molecule has 4 aromatic carbocycles. The summed E-state index contributed by atoms with van der Waals surface area (Å²) in [7, 11) is 0. The van der Waals surface area contributed by atoms with Crippen LogP contribution in [0.3, 0.4) is 0 Å². The molecule has 0 aliphatic heterocycles. The molecule has 0 unspecified atom stereocenters. The predicted octanol–water partition coefficient (Wildman–Crippen LogP) is 7.44. The van der Waals surface area contributed by atoms with E-state index in [-0.39, 0.29) is 5.41 Å². The molecule has 0 amide bonds. The number of hydrogen-bond acceptors (Lipinski definition) is 1. The van der Waals surface area contributed by atoms with Crippen molar-refractivity contribution < 1.29 is 0 Å². The van der Waals surface area contributed by atoms with Gasteiger partial charge in [0.2, 0.25) is 0 Å². The molecule has 0 nitrogen and oxygen atoms in total. The highest BCUT2D eigenvalue weighted by Gasteiger charge is 2.13. The third-order valence-corrected chi connectivity index (χ3v) is 5.74. The van der Waals surface area contributed by atoms with Crippen LogP contribution in [0.4, 0.5) is 0 Å². The van der Waals surface area contributed by atoms with Gasteiger partial charge in [-0.05, 0) is 62.9 Å². The van der Waals surface area contributed by atoms with Crippen molar-refractivity contribution >= 4 is 33.3 Å². The molecule has 0 saturated heterocycles. The fourth-order valence-corrected chi connectivity index (χ4v) is 4.14. The largest absolute Gasteiger partial charge is 0.0895 e. The van der Waals surface area contributed by atoms with Gasteiger partial charge in [-0.3, -0.25) is 0 Å². The Bertz CT molecular complexity index is 1040. The molecule has 0 aliphatic rings. The molecule has 124 valence electrons. The molecule has 1 heteroatoms. The molecule has 4 aromatic rings. The van der Waals surface area contributed by atoms with Gasteiger partial charge >= 0.3 is 0 Å². The maximum Gasteiger partial charge on any atom is 0.0201 e. The van der Waals surface area contributed by atoms with E-state index in [2.05, 4.69) is 99.6 Å². The lowest BCUT2D eigenvalue weighted by Gasteiger charge is -2.19. The van der Waals surface area contributed by atoms with Gasteiger partial charge in [0.25, 0.3) is 0 Å². The van der Waals surface area contributed by atoms with Crippen molar-refractivity contribution in [3.05, 3.63) is 84.4 Å². The van der Waals surface area contributed by atoms with E-state index in [4.69, 9.17) is 0 Å². The Labute approximate surface area is 153 Å². The first-order valence-corrected chi connectivity index (χ1v) is 9.52. The lowest BCUT2D eigenvalue weighted by Crippen LogP contribution is -2.10. The monoisotopic (exact) mass is 342 g/mol. The van der Waals surface area contributed by atoms with Crippen LogP contribution in [0, 0.1) is 0 Å². The normalized spacial score (nSPS) is 12.0. The zero-order valence-corrected chi connectivity index (χ0v) is 15.7. The molecule has 0 N–H and O–H groups in total. The molecule has 0 atom stereocenters. The average Bonchev–Trinajstić information content (AvgIpc) is 2.60. The smallest absolute Gasteiger partial charge is 0.0201 e. The average molecular weight is 343 g/mol. The van der Waals surface area contributed by atoms with E-state index in [1.54, 1.807) is 0 Å². The number of rotatable bonds is 2. The Kier molecular flexibility index (Phi) is 4.05. The number of benzene rings is 4. The van der Waals surface area contributed by atoms with Gasteiger partial charge in [0, 0.05) is 9.79 Å². The second kappa shape index (κ2) is 6.24. The first-order chi connectivity index (χ1) is 12.0. The van der Waals surface area contributed by atoms with E-state index in [0.29, 0.717) is 0 Å². The first kappa shape index (κ1) is 16.2. The van der Waals surface area contributed by atoms with Gasteiger partial charge in [0.15, 0.2) is 0 Å². The van der Waals surface area contributed by atoms with E-state index in [9.17, 15) is 0 Å². The fourth-order valence-electron chi connectivity index (χ4n) is 3.18. The van der Waals surface area contributed by atoms with E-state index in [1.807, 2.05) is 11.8 Å². The second-order valence-electron chi connectivity index (χ2n) is 7.55. The van der Waals surface area contributed by atoms with Gasteiger partial charge in [-0.15, -0.1) is 0 Å². The Hall–Kier alpha value is -2.25. The predicted molar refractivity (Wildman–Crippen MR) is 111 cm³/mol. The van der Waals surface area contributed by atoms with Gasteiger partial charge in [-0.2, -0.15) is 0 Å². The Morgan fingerprint density at radius 1 is 0.640 bits per heavy atom. The SMILES string of the molecule is CC(C)(C)c1ccc(Sc2cccc3cc4ccccc4cc23)cc1. The van der Waals surface area contributed by atoms with Crippen molar-refractivity contribution in [1.82, 2.24) is 0 Å².